The van der Waals surface area contributed by atoms with Crippen LogP contribution < -0.4 is 28.4 Å². The van der Waals surface area contributed by atoms with Crippen molar-refractivity contribution in [1.29, 1.82) is 0 Å². The van der Waals surface area contributed by atoms with Gasteiger partial charge < -0.3 is 42.6 Å². The molecule has 0 aromatic heterocycles. The summed E-state index contributed by atoms with van der Waals surface area (Å²) in [5.74, 6) is 3.24. The normalized spacial score (nSPS) is 16.0. The van der Waals surface area contributed by atoms with Crippen molar-refractivity contribution in [2.45, 2.75) is 188 Å². The van der Waals surface area contributed by atoms with Gasteiger partial charge in [-0.3, -0.25) is 0 Å². The highest BCUT2D eigenvalue weighted by Crippen LogP contribution is 2.40. The van der Waals surface area contributed by atoms with Gasteiger partial charge in [0.25, 0.3) is 0 Å². The zero-order chi connectivity index (χ0) is 62.3. The third-order valence-corrected chi connectivity index (χ3v) is 23.8. The van der Waals surface area contributed by atoms with E-state index in [1.54, 1.807) is 0 Å². The lowest BCUT2D eigenvalue weighted by Crippen LogP contribution is -2.38. The van der Waals surface area contributed by atoms with Gasteiger partial charge in [0.1, 0.15) is 71.1 Å². The summed E-state index contributed by atoms with van der Waals surface area (Å²) in [6.45, 7) is 6.94. The minimum Gasteiger partial charge on any atom is -0.489 e. The van der Waals surface area contributed by atoms with Gasteiger partial charge in [0, 0.05) is 0 Å². The van der Waals surface area contributed by atoms with Gasteiger partial charge in [-0.1, -0.05) is 40.0 Å². The van der Waals surface area contributed by atoms with Gasteiger partial charge >= 0.3 is 17.9 Å². The van der Waals surface area contributed by atoms with Crippen LogP contribution in [-0.4, -0.2) is 54.5 Å². The van der Waals surface area contributed by atoms with Gasteiger partial charge in [0.15, 0.2) is 34.5 Å². The van der Waals surface area contributed by atoms with Crippen LogP contribution in [0.3, 0.4) is 0 Å². The van der Waals surface area contributed by atoms with E-state index >= 15 is 0 Å². The molecule has 0 radical (unpaired) electrons. The second-order valence-electron chi connectivity index (χ2n) is 22.8. The van der Waals surface area contributed by atoms with Crippen molar-refractivity contribution < 1.29 is 57.0 Å². The molecule has 3 saturated carbocycles. The molecule has 3 aliphatic rings. The van der Waals surface area contributed by atoms with Crippen molar-refractivity contribution in [2.24, 2.45) is 0 Å². The van der Waals surface area contributed by atoms with E-state index in [9.17, 15) is 14.4 Å². The SMILES string of the molecule is CCC1(OC(=O)COc2c(I)cc(COc3ccc([S+](c4ccc(OCc5cc(I)c(OCC(=O)OC6(CC)CCCCC6)c(I)c5)cc4)c4ccc(OCc5cc(I)c(OCC(=O)OC6(CC)CCCCC6)c(I)c5)cc4)cc3)cc2I)CCCCC1. The summed E-state index contributed by atoms with van der Waals surface area (Å²) in [7, 11) is -0.532. The first-order valence-electron chi connectivity index (χ1n) is 30.4. The lowest BCUT2D eigenvalue weighted by atomic mass is 9.83. The van der Waals surface area contributed by atoms with Crippen LogP contribution in [0.4, 0.5) is 0 Å². The summed E-state index contributed by atoms with van der Waals surface area (Å²) in [4.78, 5) is 42.2. The third-order valence-electron chi connectivity index (χ3n) is 16.8. The second-order valence-corrected chi connectivity index (χ2v) is 31.8. The molecule has 470 valence electrons. The van der Waals surface area contributed by atoms with Crippen LogP contribution in [0.5, 0.6) is 34.5 Å². The fourth-order valence-corrected chi connectivity index (χ4v) is 20.5. The average Bonchev–Trinajstić information content (AvgIpc) is 3.63. The monoisotopic (exact) mass is 1890 g/mol. The Morgan fingerprint density at radius 1 is 0.352 bits per heavy atom. The Labute approximate surface area is 603 Å². The Balaban J connectivity index is 0.853. The topological polar surface area (TPSA) is 134 Å². The van der Waals surface area contributed by atoms with Crippen LogP contribution in [0.2, 0.25) is 0 Å². The molecule has 0 spiro atoms. The molecule has 12 nitrogen and oxygen atoms in total. The van der Waals surface area contributed by atoms with Crippen LogP contribution in [-0.2, 0) is 59.3 Å². The van der Waals surface area contributed by atoms with E-state index in [-0.39, 0.29) is 54.5 Å². The highest BCUT2D eigenvalue weighted by Gasteiger charge is 2.37. The summed E-state index contributed by atoms with van der Waals surface area (Å²) < 4.78 is 60.8. The largest absolute Gasteiger partial charge is 0.489 e. The molecule has 0 bridgehead atoms. The minimum atomic E-state index is -0.532. The molecular formula is C69H75I6O12S+. The van der Waals surface area contributed by atoms with E-state index in [0.717, 1.165) is 166 Å². The van der Waals surface area contributed by atoms with Crippen molar-refractivity contribution in [3.63, 3.8) is 0 Å². The fourth-order valence-electron chi connectivity index (χ4n) is 11.8. The first-order chi connectivity index (χ1) is 42.5. The number of halogens is 6. The van der Waals surface area contributed by atoms with Crippen LogP contribution in [0.25, 0.3) is 0 Å². The van der Waals surface area contributed by atoms with E-state index in [4.69, 9.17) is 42.6 Å². The van der Waals surface area contributed by atoms with Crippen LogP contribution in [0.1, 0.15) is 153 Å². The summed E-state index contributed by atoms with van der Waals surface area (Å²) in [5.41, 5.74) is 1.83. The average molecular weight is 1890 g/mol. The number of esters is 3. The summed E-state index contributed by atoms with van der Waals surface area (Å²) >= 11 is 13.6. The van der Waals surface area contributed by atoms with Crippen molar-refractivity contribution in [1.82, 2.24) is 0 Å². The Hall–Kier alpha value is -2.74. The molecule has 0 amide bonds. The predicted octanol–water partition coefficient (Wildman–Crippen LogP) is 19.3. The molecule has 6 aromatic carbocycles. The molecule has 0 aliphatic heterocycles. The molecule has 9 rings (SSSR count). The summed E-state index contributed by atoms with van der Waals surface area (Å²) in [5, 5.41) is 0. The highest BCUT2D eigenvalue weighted by molar-refractivity contribution is 14.1. The molecule has 0 atom stereocenters. The van der Waals surface area contributed by atoms with E-state index < -0.39 is 10.9 Å². The maximum absolute atomic E-state index is 13.0. The lowest BCUT2D eigenvalue weighted by molar-refractivity contribution is -0.167. The molecule has 3 aliphatic carbocycles. The highest BCUT2D eigenvalue weighted by atomic mass is 127. The molecule has 0 N–H and O–H groups in total. The van der Waals surface area contributed by atoms with Crippen molar-refractivity contribution in [3.05, 3.63) is 147 Å². The Bertz CT molecular complexity index is 2910. The van der Waals surface area contributed by atoms with Gasteiger partial charge in [-0.25, -0.2) is 14.4 Å². The molecule has 6 aromatic rings. The molecular weight excluding hydrogens is 1810 g/mol. The Kier molecular flexibility index (Phi) is 26.4. The summed E-state index contributed by atoms with van der Waals surface area (Å²) in [6, 6.07) is 37.1. The van der Waals surface area contributed by atoms with Gasteiger partial charge in [-0.05, 0) is 358 Å². The Morgan fingerprint density at radius 2 is 0.580 bits per heavy atom. The minimum absolute atomic E-state index is 0.130. The first-order valence-corrected chi connectivity index (χ1v) is 38.1. The zero-order valence-corrected chi connectivity index (χ0v) is 63.7. The van der Waals surface area contributed by atoms with Crippen molar-refractivity contribution in [3.8, 4) is 34.5 Å². The number of rotatable bonds is 27. The Morgan fingerprint density at radius 3 is 0.795 bits per heavy atom. The lowest BCUT2D eigenvalue weighted by Gasteiger charge is -2.35. The quantitative estimate of drug-likeness (QED) is 0.0210. The van der Waals surface area contributed by atoms with Gasteiger partial charge in [0.2, 0.25) is 0 Å². The number of benzene rings is 6. The zero-order valence-electron chi connectivity index (χ0n) is 49.9. The standard InChI is InChI=1S/C69H75I6O12S/c1-4-67(28-10-7-11-29-67)85-61(76)43-82-64-55(70)34-46(35-56(64)71)40-79-49-16-22-52(23-17-49)88(53-24-18-50(19-25-53)80-41-47-36-57(72)65(58(73)37-47)83-44-62(77)86-68(5-2)30-12-8-13-31-68)54-26-20-51(21-27-54)81-42-48-38-59(74)66(60(75)39-48)84-45-63(78)87-69(6-3)32-14-9-15-33-69/h16-27,34-39H,4-15,28-33,40-45H2,1-3H3/q+1. The maximum Gasteiger partial charge on any atom is 0.344 e. The van der Waals surface area contributed by atoms with Crippen molar-refractivity contribution in [2.75, 3.05) is 19.8 Å². The van der Waals surface area contributed by atoms with Gasteiger partial charge in [-0.2, -0.15) is 0 Å². The van der Waals surface area contributed by atoms with Crippen LogP contribution in [0.15, 0.2) is 124 Å². The van der Waals surface area contributed by atoms with E-state index in [2.05, 4.69) is 193 Å². The van der Waals surface area contributed by atoms with E-state index in [1.807, 2.05) is 72.8 Å². The first kappa shape index (κ1) is 69.6. The van der Waals surface area contributed by atoms with Gasteiger partial charge in [-0.15, -0.1) is 0 Å². The number of hydrogen-bond acceptors (Lipinski definition) is 12. The molecule has 0 unspecified atom stereocenters. The van der Waals surface area contributed by atoms with Gasteiger partial charge in [0.05, 0.1) is 32.3 Å². The predicted molar refractivity (Wildman–Crippen MR) is 393 cm³/mol. The van der Waals surface area contributed by atoms with Crippen LogP contribution in [0, 0.1) is 21.4 Å². The summed E-state index contributed by atoms with van der Waals surface area (Å²) in [6.07, 6.45) is 18.0. The van der Waals surface area contributed by atoms with E-state index in [0.29, 0.717) is 37.1 Å². The second kappa shape index (κ2) is 33.4. The van der Waals surface area contributed by atoms with Crippen LogP contribution >= 0.6 is 136 Å². The van der Waals surface area contributed by atoms with E-state index in [1.165, 1.54) is 19.3 Å². The molecule has 0 saturated heterocycles. The molecule has 88 heavy (non-hydrogen) atoms. The van der Waals surface area contributed by atoms with Crippen molar-refractivity contribution >= 4 is 164 Å². The number of ether oxygens (including phenoxy) is 9. The number of carbonyl (C=O) groups excluding carboxylic acids is 3. The smallest absolute Gasteiger partial charge is 0.344 e. The molecule has 3 fully saturated rings. The number of hydrogen-bond donors (Lipinski definition) is 0. The maximum atomic E-state index is 13.0. The fraction of sp³-hybridized carbons (Fsp3) is 0.435. The number of carbonyl (C=O) groups is 3. The molecule has 19 heteroatoms. The molecule has 0 heterocycles. The third kappa shape index (κ3) is 19.2.